The number of nitrogens with zero attached hydrogens (tertiary/aromatic N) is 4. The number of fused-ring (bicyclic) bond motifs is 1. The molecule has 2 heterocycles. The van der Waals surface area contributed by atoms with Crippen molar-refractivity contribution in [1.82, 2.24) is 24.4 Å². The van der Waals surface area contributed by atoms with Crippen LogP contribution in [-0.2, 0) is 24.8 Å². The molecule has 0 aliphatic rings. The Bertz CT molecular complexity index is 943. The maximum atomic E-state index is 12.2. The van der Waals surface area contributed by atoms with E-state index in [1.54, 1.807) is 14.2 Å². The lowest BCUT2D eigenvalue weighted by atomic mass is 10.1. The zero-order valence-corrected chi connectivity index (χ0v) is 14.1. The van der Waals surface area contributed by atoms with Crippen LogP contribution in [0.1, 0.15) is 5.56 Å². The summed E-state index contributed by atoms with van der Waals surface area (Å²) in [5.74, 6) is 0.619. The van der Waals surface area contributed by atoms with Gasteiger partial charge in [0.15, 0.2) is 11.2 Å². The van der Waals surface area contributed by atoms with Crippen molar-refractivity contribution in [3.05, 3.63) is 52.8 Å². The lowest BCUT2D eigenvalue weighted by Gasteiger charge is -2.07. The van der Waals surface area contributed by atoms with Crippen LogP contribution < -0.4 is 15.6 Å². The summed E-state index contributed by atoms with van der Waals surface area (Å²) in [5, 5.41) is 2.85. The van der Waals surface area contributed by atoms with Crippen LogP contribution in [0.4, 0.5) is 0 Å². The Balaban J connectivity index is 1.59. The van der Waals surface area contributed by atoms with Gasteiger partial charge in [-0.1, -0.05) is 12.1 Å². The SMILES string of the molecule is COc1ccc(CCNC(=O)Cn2cnc3ncn(C)c(=O)c32)cc1. The molecule has 0 saturated carbocycles. The molecule has 0 bridgehead atoms. The van der Waals surface area contributed by atoms with Gasteiger partial charge in [0.2, 0.25) is 5.91 Å². The molecule has 0 fully saturated rings. The third kappa shape index (κ3) is 3.68. The van der Waals surface area contributed by atoms with Crippen LogP contribution in [0, 0.1) is 0 Å². The lowest BCUT2D eigenvalue weighted by Crippen LogP contribution is -2.30. The van der Waals surface area contributed by atoms with Crippen molar-refractivity contribution >= 4 is 17.1 Å². The van der Waals surface area contributed by atoms with E-state index in [9.17, 15) is 9.59 Å². The van der Waals surface area contributed by atoms with Crippen LogP contribution in [0.5, 0.6) is 5.75 Å². The molecule has 8 heteroatoms. The van der Waals surface area contributed by atoms with Gasteiger partial charge in [-0.15, -0.1) is 0 Å². The van der Waals surface area contributed by atoms with Crippen LogP contribution in [0.2, 0.25) is 0 Å². The lowest BCUT2D eigenvalue weighted by molar-refractivity contribution is -0.121. The predicted molar refractivity (Wildman–Crippen MR) is 92.5 cm³/mol. The highest BCUT2D eigenvalue weighted by Crippen LogP contribution is 2.11. The van der Waals surface area contributed by atoms with Gasteiger partial charge >= 0.3 is 0 Å². The number of hydrogen-bond acceptors (Lipinski definition) is 5. The van der Waals surface area contributed by atoms with Gasteiger partial charge in [0.25, 0.3) is 5.56 Å². The molecule has 0 spiro atoms. The average molecular weight is 341 g/mol. The molecule has 3 rings (SSSR count). The highest BCUT2D eigenvalue weighted by molar-refractivity contribution is 5.78. The number of carbonyl (C=O) groups excluding carboxylic acids is 1. The van der Waals surface area contributed by atoms with E-state index >= 15 is 0 Å². The second-order valence-electron chi connectivity index (χ2n) is 5.65. The Labute approximate surface area is 144 Å². The fourth-order valence-corrected chi connectivity index (χ4v) is 2.51. The summed E-state index contributed by atoms with van der Waals surface area (Å²) >= 11 is 0. The fraction of sp³-hybridized carbons (Fsp3) is 0.294. The molecule has 0 unspecified atom stereocenters. The number of hydrogen-bond donors (Lipinski definition) is 1. The highest BCUT2D eigenvalue weighted by atomic mass is 16.5. The maximum absolute atomic E-state index is 12.2. The number of carbonyl (C=O) groups is 1. The second kappa shape index (κ2) is 7.16. The van der Waals surface area contributed by atoms with E-state index in [1.807, 2.05) is 24.3 Å². The molecule has 0 radical (unpaired) electrons. The molecular formula is C17H19N5O3. The number of nitrogens with one attached hydrogen (secondary N) is 1. The number of aromatic nitrogens is 4. The maximum Gasteiger partial charge on any atom is 0.279 e. The average Bonchev–Trinajstić information content (AvgIpc) is 3.02. The van der Waals surface area contributed by atoms with E-state index in [0.717, 1.165) is 11.3 Å². The molecule has 25 heavy (non-hydrogen) atoms. The summed E-state index contributed by atoms with van der Waals surface area (Å²) in [6.07, 6.45) is 3.59. The third-order valence-electron chi connectivity index (χ3n) is 3.90. The van der Waals surface area contributed by atoms with Gasteiger partial charge in [-0.25, -0.2) is 9.97 Å². The van der Waals surface area contributed by atoms with Crippen molar-refractivity contribution in [3.63, 3.8) is 0 Å². The summed E-state index contributed by atoms with van der Waals surface area (Å²) in [6.45, 7) is 0.536. The summed E-state index contributed by atoms with van der Waals surface area (Å²) in [6, 6.07) is 7.70. The zero-order valence-electron chi connectivity index (χ0n) is 14.1. The van der Waals surface area contributed by atoms with Gasteiger partial charge in [-0.05, 0) is 24.1 Å². The molecule has 130 valence electrons. The molecule has 8 nitrogen and oxygen atoms in total. The monoisotopic (exact) mass is 341 g/mol. The molecule has 0 aliphatic heterocycles. The Morgan fingerprint density at radius 3 is 2.64 bits per heavy atom. The number of amides is 1. The molecule has 0 aliphatic carbocycles. The molecule has 1 amide bonds. The minimum atomic E-state index is -0.228. The molecule has 2 aromatic heterocycles. The van der Waals surface area contributed by atoms with Crippen LogP contribution >= 0.6 is 0 Å². The number of aryl methyl sites for hydroxylation is 1. The normalized spacial score (nSPS) is 10.8. The van der Waals surface area contributed by atoms with Gasteiger partial charge in [0.1, 0.15) is 12.3 Å². The van der Waals surface area contributed by atoms with Crippen molar-refractivity contribution in [3.8, 4) is 5.75 Å². The van der Waals surface area contributed by atoms with Gasteiger partial charge in [-0.2, -0.15) is 0 Å². The van der Waals surface area contributed by atoms with E-state index in [1.165, 1.54) is 21.8 Å². The molecule has 3 aromatic rings. The fourth-order valence-electron chi connectivity index (χ4n) is 2.51. The molecule has 1 N–H and O–H groups in total. The first-order chi connectivity index (χ1) is 12.1. The smallest absolute Gasteiger partial charge is 0.279 e. The second-order valence-corrected chi connectivity index (χ2v) is 5.65. The Kier molecular flexibility index (Phi) is 4.78. The van der Waals surface area contributed by atoms with E-state index in [4.69, 9.17) is 4.74 Å². The Morgan fingerprint density at radius 1 is 1.20 bits per heavy atom. The number of imidazole rings is 1. The standard InChI is InChI=1S/C17H19N5O3/c1-21-10-19-16-15(17(21)24)22(11-20-16)9-14(23)18-8-7-12-3-5-13(25-2)6-4-12/h3-6,10-11H,7-9H2,1-2H3,(H,18,23). The van der Waals surface area contributed by atoms with Gasteiger partial charge in [0.05, 0.1) is 19.8 Å². The van der Waals surface area contributed by atoms with Crippen molar-refractivity contribution in [2.75, 3.05) is 13.7 Å². The molecular weight excluding hydrogens is 322 g/mol. The van der Waals surface area contributed by atoms with Gasteiger partial charge in [0, 0.05) is 13.6 Å². The minimum Gasteiger partial charge on any atom is -0.497 e. The van der Waals surface area contributed by atoms with Crippen molar-refractivity contribution in [2.24, 2.45) is 7.05 Å². The van der Waals surface area contributed by atoms with Crippen LogP contribution in [0.3, 0.4) is 0 Å². The van der Waals surface area contributed by atoms with Gasteiger partial charge in [-0.3, -0.25) is 9.59 Å². The number of methoxy groups -OCH3 is 1. The van der Waals surface area contributed by atoms with E-state index < -0.39 is 0 Å². The topological polar surface area (TPSA) is 91.0 Å². The third-order valence-corrected chi connectivity index (χ3v) is 3.90. The van der Waals surface area contributed by atoms with Crippen LogP contribution in [-0.4, -0.2) is 38.7 Å². The van der Waals surface area contributed by atoms with Crippen molar-refractivity contribution in [2.45, 2.75) is 13.0 Å². The largest absolute Gasteiger partial charge is 0.497 e. The summed E-state index contributed by atoms with van der Waals surface area (Å²) in [4.78, 5) is 32.4. The van der Waals surface area contributed by atoms with Gasteiger partial charge < -0.3 is 19.2 Å². The molecule has 0 atom stereocenters. The molecule has 1 aromatic carbocycles. The summed E-state index contributed by atoms with van der Waals surface area (Å²) in [7, 11) is 3.24. The number of rotatable bonds is 6. The van der Waals surface area contributed by atoms with Crippen molar-refractivity contribution in [1.29, 1.82) is 0 Å². The first-order valence-electron chi connectivity index (χ1n) is 7.84. The summed E-state index contributed by atoms with van der Waals surface area (Å²) in [5.41, 5.74) is 1.55. The molecule has 0 saturated heterocycles. The first-order valence-corrected chi connectivity index (χ1v) is 7.84. The quantitative estimate of drug-likeness (QED) is 0.705. The van der Waals surface area contributed by atoms with E-state index in [0.29, 0.717) is 24.1 Å². The van der Waals surface area contributed by atoms with Crippen molar-refractivity contribution < 1.29 is 9.53 Å². The minimum absolute atomic E-state index is 0.0278. The number of benzene rings is 1. The Hall–Kier alpha value is -3.16. The van der Waals surface area contributed by atoms with E-state index in [-0.39, 0.29) is 18.0 Å². The summed E-state index contributed by atoms with van der Waals surface area (Å²) < 4.78 is 8.00. The van der Waals surface area contributed by atoms with E-state index in [2.05, 4.69) is 15.3 Å². The zero-order chi connectivity index (χ0) is 17.8. The predicted octanol–water partition coefficient (Wildman–Crippen LogP) is 0.497. The first kappa shape index (κ1) is 16.7. The highest BCUT2D eigenvalue weighted by Gasteiger charge is 2.12. The van der Waals surface area contributed by atoms with Crippen LogP contribution in [0.15, 0.2) is 41.7 Å². The Morgan fingerprint density at radius 2 is 1.92 bits per heavy atom. The number of ether oxygens (including phenoxy) is 1. The van der Waals surface area contributed by atoms with Crippen LogP contribution in [0.25, 0.3) is 11.2 Å².